The summed E-state index contributed by atoms with van der Waals surface area (Å²) in [5.41, 5.74) is -2.24. The zero-order valence-corrected chi connectivity index (χ0v) is 12.0. The second-order valence-electron chi connectivity index (χ2n) is 6.18. The van der Waals surface area contributed by atoms with Gasteiger partial charge in [-0.1, -0.05) is 0 Å². The molecule has 3 N–H and O–H groups in total. The van der Waals surface area contributed by atoms with Crippen LogP contribution in [0.1, 0.15) is 33.6 Å². The first-order valence-corrected chi connectivity index (χ1v) is 6.81. The van der Waals surface area contributed by atoms with Gasteiger partial charge in [0, 0.05) is 13.1 Å². The molecule has 7 nitrogen and oxygen atoms in total. The van der Waals surface area contributed by atoms with Crippen LogP contribution in [0.15, 0.2) is 0 Å². The molecule has 2 aliphatic rings. The predicted octanol–water partition coefficient (Wildman–Crippen LogP) is 0.160. The van der Waals surface area contributed by atoms with Crippen molar-refractivity contribution in [1.82, 2.24) is 15.5 Å². The third kappa shape index (κ3) is 2.32. The van der Waals surface area contributed by atoms with Crippen LogP contribution in [0, 0.1) is 5.92 Å². The fraction of sp³-hybridized carbons (Fsp3) is 0.769. The summed E-state index contributed by atoms with van der Waals surface area (Å²) in [5.74, 6) is -1.30. The molecule has 0 aromatic carbocycles. The average Bonchev–Trinajstić information content (AvgIpc) is 3.16. The van der Waals surface area contributed by atoms with E-state index in [1.54, 1.807) is 13.8 Å². The van der Waals surface area contributed by atoms with Crippen molar-refractivity contribution >= 4 is 17.9 Å². The summed E-state index contributed by atoms with van der Waals surface area (Å²) in [6.07, 6.45) is 1.60. The summed E-state index contributed by atoms with van der Waals surface area (Å²) in [6.45, 7) is 5.57. The standard InChI is InChI=1S/C13H21N3O4/c1-12(2)9(17)14-6-7-16(12)11(20)15-13(3,10(18)19)8-4-5-8/h8H,4-7H2,1-3H3,(H,14,17)(H,15,20)(H,18,19). The van der Waals surface area contributed by atoms with E-state index in [4.69, 9.17) is 0 Å². The van der Waals surface area contributed by atoms with Crippen molar-refractivity contribution in [3.63, 3.8) is 0 Å². The third-order valence-corrected chi connectivity index (χ3v) is 4.30. The van der Waals surface area contributed by atoms with Crippen LogP contribution < -0.4 is 10.6 Å². The molecule has 1 saturated carbocycles. The van der Waals surface area contributed by atoms with E-state index in [-0.39, 0.29) is 11.8 Å². The van der Waals surface area contributed by atoms with E-state index in [1.807, 2.05) is 0 Å². The molecular weight excluding hydrogens is 262 g/mol. The molecule has 3 amide bonds. The van der Waals surface area contributed by atoms with Gasteiger partial charge in [-0.15, -0.1) is 0 Å². The van der Waals surface area contributed by atoms with Crippen LogP contribution in [0.25, 0.3) is 0 Å². The summed E-state index contributed by atoms with van der Waals surface area (Å²) in [5, 5.41) is 14.7. The fourth-order valence-electron chi connectivity index (χ4n) is 2.54. The Morgan fingerprint density at radius 2 is 2.05 bits per heavy atom. The number of carboxylic acids is 1. The Labute approximate surface area is 117 Å². The van der Waals surface area contributed by atoms with Crippen molar-refractivity contribution < 1.29 is 19.5 Å². The Morgan fingerprint density at radius 3 is 2.55 bits per heavy atom. The van der Waals surface area contributed by atoms with Crippen LogP contribution in [-0.4, -0.2) is 52.1 Å². The Bertz CT molecular complexity index is 459. The number of urea groups is 1. The zero-order valence-electron chi connectivity index (χ0n) is 12.0. The van der Waals surface area contributed by atoms with Gasteiger partial charge in [0.05, 0.1) is 0 Å². The van der Waals surface area contributed by atoms with Gasteiger partial charge >= 0.3 is 12.0 Å². The van der Waals surface area contributed by atoms with Crippen LogP contribution in [0.4, 0.5) is 4.79 Å². The highest BCUT2D eigenvalue weighted by Crippen LogP contribution is 2.40. The lowest BCUT2D eigenvalue weighted by Crippen LogP contribution is -2.68. The maximum Gasteiger partial charge on any atom is 0.329 e. The first kappa shape index (κ1) is 14.6. The molecule has 0 radical (unpaired) electrons. The highest BCUT2D eigenvalue weighted by molar-refractivity contribution is 5.93. The molecule has 1 atom stereocenters. The number of carbonyl (C=O) groups excluding carboxylic acids is 2. The number of nitrogens with one attached hydrogen (secondary N) is 2. The summed E-state index contributed by atoms with van der Waals surface area (Å²) < 4.78 is 0. The molecule has 112 valence electrons. The smallest absolute Gasteiger partial charge is 0.329 e. The number of amides is 3. The molecule has 2 fully saturated rings. The summed E-state index contributed by atoms with van der Waals surface area (Å²) >= 11 is 0. The van der Waals surface area contributed by atoms with Gasteiger partial charge in [-0.2, -0.15) is 0 Å². The van der Waals surface area contributed by atoms with Gasteiger partial charge in [0.2, 0.25) is 5.91 Å². The molecule has 20 heavy (non-hydrogen) atoms. The SMILES string of the molecule is CC(NC(=O)N1CCNC(=O)C1(C)C)(C(=O)O)C1CC1. The quantitative estimate of drug-likeness (QED) is 0.687. The highest BCUT2D eigenvalue weighted by Gasteiger charge is 2.50. The Hall–Kier alpha value is -1.79. The van der Waals surface area contributed by atoms with Crippen molar-refractivity contribution in [3.8, 4) is 0 Å². The summed E-state index contributed by atoms with van der Waals surface area (Å²) in [7, 11) is 0. The minimum Gasteiger partial charge on any atom is -0.480 e. The van der Waals surface area contributed by atoms with Crippen LogP contribution in [0.3, 0.4) is 0 Å². The van der Waals surface area contributed by atoms with E-state index in [0.29, 0.717) is 13.1 Å². The van der Waals surface area contributed by atoms with Crippen LogP contribution in [0.2, 0.25) is 0 Å². The largest absolute Gasteiger partial charge is 0.480 e. The second kappa shape index (κ2) is 4.64. The van der Waals surface area contributed by atoms with Crippen LogP contribution in [0.5, 0.6) is 0 Å². The lowest BCUT2D eigenvalue weighted by molar-refractivity contribution is -0.144. The number of hydrogen-bond acceptors (Lipinski definition) is 3. The van der Waals surface area contributed by atoms with E-state index >= 15 is 0 Å². The molecule has 7 heteroatoms. The first-order chi connectivity index (χ1) is 9.19. The number of aliphatic carboxylic acids is 1. The average molecular weight is 283 g/mol. The minimum atomic E-state index is -1.26. The lowest BCUT2D eigenvalue weighted by atomic mass is 9.95. The van der Waals surface area contributed by atoms with E-state index in [0.717, 1.165) is 12.8 Å². The molecule has 1 heterocycles. The normalized spacial score (nSPS) is 24.6. The topological polar surface area (TPSA) is 98.7 Å². The molecule has 1 saturated heterocycles. The molecule has 1 unspecified atom stereocenters. The lowest BCUT2D eigenvalue weighted by Gasteiger charge is -2.42. The second-order valence-corrected chi connectivity index (χ2v) is 6.18. The van der Waals surface area contributed by atoms with E-state index in [1.165, 1.54) is 11.8 Å². The number of nitrogens with zero attached hydrogens (tertiary/aromatic N) is 1. The third-order valence-electron chi connectivity index (χ3n) is 4.30. The van der Waals surface area contributed by atoms with Gasteiger partial charge in [0.25, 0.3) is 0 Å². The van der Waals surface area contributed by atoms with Crippen molar-refractivity contribution in [3.05, 3.63) is 0 Å². The maximum atomic E-state index is 12.4. The van der Waals surface area contributed by atoms with Gasteiger partial charge in [0.15, 0.2) is 0 Å². The highest BCUT2D eigenvalue weighted by atomic mass is 16.4. The van der Waals surface area contributed by atoms with Gasteiger partial charge < -0.3 is 20.6 Å². The van der Waals surface area contributed by atoms with E-state index in [9.17, 15) is 19.5 Å². The number of carbonyl (C=O) groups is 3. The molecule has 0 aromatic heterocycles. The van der Waals surface area contributed by atoms with Crippen molar-refractivity contribution in [2.45, 2.75) is 44.7 Å². The Kier molecular flexibility index (Phi) is 3.39. The van der Waals surface area contributed by atoms with Gasteiger partial charge in [-0.25, -0.2) is 9.59 Å². The number of carboxylic acid groups (broad SMARTS) is 1. The predicted molar refractivity (Wildman–Crippen MR) is 71.1 cm³/mol. The molecule has 2 rings (SSSR count). The van der Waals surface area contributed by atoms with E-state index < -0.39 is 23.1 Å². The fourth-order valence-corrected chi connectivity index (χ4v) is 2.54. The molecular formula is C13H21N3O4. The zero-order chi connectivity index (χ0) is 15.1. The molecule has 1 aliphatic carbocycles. The number of piperazine rings is 1. The first-order valence-electron chi connectivity index (χ1n) is 6.81. The monoisotopic (exact) mass is 283 g/mol. The molecule has 0 bridgehead atoms. The summed E-state index contributed by atoms with van der Waals surface area (Å²) in [4.78, 5) is 37.0. The Morgan fingerprint density at radius 1 is 1.45 bits per heavy atom. The van der Waals surface area contributed by atoms with Crippen molar-refractivity contribution in [2.24, 2.45) is 5.92 Å². The molecule has 1 aliphatic heterocycles. The van der Waals surface area contributed by atoms with E-state index in [2.05, 4.69) is 10.6 Å². The maximum absolute atomic E-state index is 12.4. The van der Waals surface area contributed by atoms with Crippen LogP contribution >= 0.6 is 0 Å². The van der Waals surface area contributed by atoms with Gasteiger partial charge in [-0.3, -0.25) is 4.79 Å². The van der Waals surface area contributed by atoms with Crippen LogP contribution in [-0.2, 0) is 9.59 Å². The minimum absolute atomic E-state index is 0.0364. The Balaban J connectivity index is 2.14. The number of rotatable bonds is 3. The molecule has 0 aromatic rings. The summed E-state index contributed by atoms with van der Waals surface area (Å²) in [6, 6.07) is -0.498. The van der Waals surface area contributed by atoms with Crippen molar-refractivity contribution in [2.75, 3.05) is 13.1 Å². The number of hydrogen-bond donors (Lipinski definition) is 3. The van der Waals surface area contributed by atoms with Gasteiger partial charge in [-0.05, 0) is 39.5 Å². The van der Waals surface area contributed by atoms with Gasteiger partial charge in [0.1, 0.15) is 11.1 Å². The molecule has 0 spiro atoms. The van der Waals surface area contributed by atoms with Crippen molar-refractivity contribution in [1.29, 1.82) is 0 Å².